The van der Waals surface area contributed by atoms with Crippen molar-refractivity contribution in [3.05, 3.63) is 0 Å². The minimum Gasteiger partial charge on any atom is -0.214 e. The zero-order valence-corrected chi connectivity index (χ0v) is 10.0. The molecule has 0 aliphatic heterocycles. The van der Waals surface area contributed by atoms with Gasteiger partial charge < -0.3 is 0 Å². The Morgan fingerprint density at radius 3 is 2.08 bits per heavy atom. The second-order valence-electron chi connectivity index (χ2n) is 4.43. The first-order valence-electron chi connectivity index (χ1n) is 4.70. The van der Waals surface area contributed by atoms with Crippen LogP contribution < -0.4 is 4.72 Å². The van der Waals surface area contributed by atoms with Crippen LogP contribution in [0.25, 0.3) is 0 Å². The maximum atomic E-state index is 11.4. The molecule has 0 aromatic heterocycles. The van der Waals surface area contributed by atoms with Crippen molar-refractivity contribution < 1.29 is 8.42 Å². The molecule has 0 heterocycles. The summed E-state index contributed by atoms with van der Waals surface area (Å²) in [4.78, 5) is 0. The predicted molar refractivity (Wildman–Crippen MR) is 56.1 cm³/mol. The van der Waals surface area contributed by atoms with Crippen molar-refractivity contribution >= 4 is 10.0 Å². The molecular formula is C9H21NO2S. The first kappa shape index (κ1) is 12.9. The van der Waals surface area contributed by atoms with Gasteiger partial charge in [-0.3, -0.25) is 0 Å². The molecule has 0 radical (unpaired) electrons. The summed E-state index contributed by atoms with van der Waals surface area (Å²) < 4.78 is 25.4. The van der Waals surface area contributed by atoms with Crippen molar-refractivity contribution in [3.8, 4) is 0 Å². The van der Waals surface area contributed by atoms with E-state index in [2.05, 4.69) is 25.5 Å². The van der Waals surface area contributed by atoms with Gasteiger partial charge in [-0.25, -0.2) is 13.1 Å². The number of hydrogen-bond acceptors (Lipinski definition) is 2. The molecule has 0 amide bonds. The molecule has 0 aromatic carbocycles. The highest BCUT2D eigenvalue weighted by atomic mass is 32.2. The van der Waals surface area contributed by atoms with Crippen LogP contribution in [0.15, 0.2) is 0 Å². The minimum absolute atomic E-state index is 0.0436. The molecule has 1 N–H and O–H groups in total. The standard InChI is InChI=1S/C9H21NO2S/c1-6-9(4,5)7-10-13(11,12)8(2)3/h8,10H,6-7H2,1-5H3. The highest BCUT2D eigenvalue weighted by molar-refractivity contribution is 7.90. The lowest BCUT2D eigenvalue weighted by Gasteiger charge is -2.23. The van der Waals surface area contributed by atoms with Crippen molar-refractivity contribution in [2.24, 2.45) is 5.41 Å². The van der Waals surface area contributed by atoms with Crippen molar-refractivity contribution in [3.63, 3.8) is 0 Å². The van der Waals surface area contributed by atoms with Gasteiger partial charge in [0.2, 0.25) is 10.0 Å². The van der Waals surface area contributed by atoms with Gasteiger partial charge in [0.05, 0.1) is 5.25 Å². The predicted octanol–water partition coefficient (Wildman–Crippen LogP) is 1.75. The zero-order chi connectivity index (χ0) is 10.7. The summed E-state index contributed by atoms with van der Waals surface area (Å²) in [6.07, 6.45) is 0.966. The maximum Gasteiger partial charge on any atom is 0.213 e. The summed E-state index contributed by atoms with van der Waals surface area (Å²) >= 11 is 0. The average Bonchev–Trinajstić information content (AvgIpc) is 2.01. The fraction of sp³-hybridized carbons (Fsp3) is 1.00. The first-order chi connectivity index (χ1) is 5.71. The quantitative estimate of drug-likeness (QED) is 0.746. The summed E-state index contributed by atoms with van der Waals surface area (Å²) in [6.45, 7) is 10.0. The Labute approximate surface area is 82.0 Å². The molecule has 0 bridgehead atoms. The van der Waals surface area contributed by atoms with Crippen LogP contribution in [0.2, 0.25) is 0 Å². The number of nitrogens with one attached hydrogen (secondary N) is 1. The summed E-state index contributed by atoms with van der Waals surface area (Å²) in [5, 5.41) is -0.347. The largest absolute Gasteiger partial charge is 0.214 e. The molecular weight excluding hydrogens is 186 g/mol. The van der Waals surface area contributed by atoms with E-state index in [1.54, 1.807) is 13.8 Å². The molecule has 0 spiro atoms. The highest BCUT2D eigenvalue weighted by Gasteiger charge is 2.21. The van der Waals surface area contributed by atoms with E-state index >= 15 is 0 Å². The van der Waals surface area contributed by atoms with E-state index < -0.39 is 10.0 Å². The number of sulfonamides is 1. The van der Waals surface area contributed by atoms with Gasteiger partial charge in [0.25, 0.3) is 0 Å². The van der Waals surface area contributed by atoms with Gasteiger partial charge >= 0.3 is 0 Å². The Bertz CT molecular complexity index is 242. The lowest BCUT2D eigenvalue weighted by molar-refractivity contribution is 0.349. The monoisotopic (exact) mass is 207 g/mol. The Morgan fingerprint density at radius 2 is 1.77 bits per heavy atom. The molecule has 0 aliphatic carbocycles. The van der Waals surface area contributed by atoms with Crippen LogP contribution in [0, 0.1) is 5.41 Å². The van der Waals surface area contributed by atoms with E-state index in [9.17, 15) is 8.42 Å². The minimum atomic E-state index is -3.09. The van der Waals surface area contributed by atoms with E-state index in [-0.39, 0.29) is 10.7 Å². The van der Waals surface area contributed by atoms with Crippen LogP contribution in [0.3, 0.4) is 0 Å². The van der Waals surface area contributed by atoms with E-state index in [4.69, 9.17) is 0 Å². The van der Waals surface area contributed by atoms with Crippen LogP contribution in [0.5, 0.6) is 0 Å². The van der Waals surface area contributed by atoms with Crippen LogP contribution >= 0.6 is 0 Å². The number of rotatable bonds is 5. The smallest absolute Gasteiger partial charge is 0.213 e. The Hall–Kier alpha value is -0.0900. The normalized spacial score (nSPS) is 13.7. The molecule has 0 aromatic rings. The van der Waals surface area contributed by atoms with Crippen LogP contribution in [0.1, 0.15) is 41.0 Å². The molecule has 0 atom stereocenters. The first-order valence-corrected chi connectivity index (χ1v) is 6.24. The van der Waals surface area contributed by atoms with Gasteiger partial charge in [0.15, 0.2) is 0 Å². The lowest BCUT2D eigenvalue weighted by Crippen LogP contribution is -2.37. The van der Waals surface area contributed by atoms with Crippen LogP contribution in [0.4, 0.5) is 0 Å². The fourth-order valence-electron chi connectivity index (χ4n) is 0.588. The van der Waals surface area contributed by atoms with E-state index in [0.717, 1.165) is 6.42 Å². The Kier molecular flexibility index (Phi) is 4.39. The molecule has 80 valence electrons. The van der Waals surface area contributed by atoms with Crippen molar-refractivity contribution in [1.29, 1.82) is 0 Å². The van der Waals surface area contributed by atoms with Crippen LogP contribution in [-0.4, -0.2) is 20.2 Å². The van der Waals surface area contributed by atoms with Crippen molar-refractivity contribution in [2.75, 3.05) is 6.54 Å². The Morgan fingerprint density at radius 1 is 1.31 bits per heavy atom. The highest BCUT2D eigenvalue weighted by Crippen LogP contribution is 2.18. The van der Waals surface area contributed by atoms with Gasteiger partial charge in [0.1, 0.15) is 0 Å². The summed E-state index contributed by atoms with van der Waals surface area (Å²) in [5.74, 6) is 0. The van der Waals surface area contributed by atoms with Crippen LogP contribution in [-0.2, 0) is 10.0 Å². The third-order valence-corrected chi connectivity index (χ3v) is 4.12. The molecule has 0 saturated heterocycles. The van der Waals surface area contributed by atoms with Gasteiger partial charge in [-0.1, -0.05) is 20.8 Å². The molecule has 0 saturated carbocycles. The lowest BCUT2D eigenvalue weighted by atomic mass is 9.91. The average molecular weight is 207 g/mol. The second-order valence-corrected chi connectivity index (χ2v) is 6.75. The summed E-state index contributed by atoms with van der Waals surface area (Å²) in [6, 6.07) is 0. The van der Waals surface area contributed by atoms with Crippen molar-refractivity contribution in [1.82, 2.24) is 4.72 Å². The molecule has 13 heavy (non-hydrogen) atoms. The molecule has 4 heteroatoms. The SMILES string of the molecule is CCC(C)(C)CNS(=O)(=O)C(C)C. The topological polar surface area (TPSA) is 46.2 Å². The molecule has 3 nitrogen and oxygen atoms in total. The molecule has 0 unspecified atom stereocenters. The third-order valence-electron chi connectivity index (χ3n) is 2.33. The fourth-order valence-corrected chi connectivity index (χ4v) is 1.51. The molecule has 0 rings (SSSR count). The summed E-state index contributed by atoms with van der Waals surface area (Å²) in [5.41, 5.74) is 0.0436. The maximum absolute atomic E-state index is 11.4. The van der Waals surface area contributed by atoms with Crippen molar-refractivity contribution in [2.45, 2.75) is 46.3 Å². The zero-order valence-electron chi connectivity index (χ0n) is 9.22. The van der Waals surface area contributed by atoms with E-state index in [1.165, 1.54) is 0 Å². The summed E-state index contributed by atoms with van der Waals surface area (Å²) in [7, 11) is -3.09. The van der Waals surface area contributed by atoms with E-state index in [1.807, 2.05) is 0 Å². The van der Waals surface area contributed by atoms with Gasteiger partial charge in [-0.2, -0.15) is 0 Å². The van der Waals surface area contributed by atoms with Gasteiger partial charge in [-0.15, -0.1) is 0 Å². The third kappa shape index (κ3) is 4.62. The van der Waals surface area contributed by atoms with Gasteiger partial charge in [-0.05, 0) is 25.7 Å². The number of hydrogen-bond donors (Lipinski definition) is 1. The second kappa shape index (κ2) is 4.42. The van der Waals surface area contributed by atoms with E-state index in [0.29, 0.717) is 6.54 Å². The Balaban J connectivity index is 4.19. The molecule has 0 fully saturated rings. The molecule has 0 aliphatic rings. The van der Waals surface area contributed by atoms with Gasteiger partial charge in [0, 0.05) is 6.54 Å².